The van der Waals surface area contributed by atoms with Crippen LogP contribution in [0.3, 0.4) is 0 Å². The van der Waals surface area contributed by atoms with Gasteiger partial charge in [-0.3, -0.25) is 0 Å². The standard InChI is InChI=1S/C14H19FN2O2/c1-16-8-4-5-10(16)9-17(2)12-7-3-6-11(15)13(12)14(18)19/h3,6-7,10H,4-5,8-9H2,1-2H3,(H,18,19). The van der Waals surface area contributed by atoms with E-state index >= 15 is 0 Å². The van der Waals surface area contributed by atoms with Crippen LogP contribution in [0.2, 0.25) is 0 Å². The van der Waals surface area contributed by atoms with Crippen LogP contribution < -0.4 is 4.90 Å². The molecule has 5 heteroatoms. The topological polar surface area (TPSA) is 43.8 Å². The first kappa shape index (κ1) is 13.8. The smallest absolute Gasteiger partial charge is 0.340 e. The fourth-order valence-corrected chi connectivity index (χ4v) is 2.67. The summed E-state index contributed by atoms with van der Waals surface area (Å²) in [6.07, 6.45) is 2.25. The van der Waals surface area contributed by atoms with Gasteiger partial charge in [0.05, 0.1) is 5.69 Å². The van der Waals surface area contributed by atoms with Crippen molar-refractivity contribution in [2.45, 2.75) is 18.9 Å². The summed E-state index contributed by atoms with van der Waals surface area (Å²) in [5, 5.41) is 9.13. The molecule has 1 aromatic rings. The van der Waals surface area contributed by atoms with Crippen LogP contribution in [0.15, 0.2) is 18.2 Å². The van der Waals surface area contributed by atoms with Gasteiger partial charge in [-0.2, -0.15) is 0 Å². The number of rotatable bonds is 4. The Bertz CT molecular complexity index is 479. The number of carbonyl (C=O) groups is 1. The van der Waals surface area contributed by atoms with Crippen LogP contribution >= 0.6 is 0 Å². The Morgan fingerprint density at radius 2 is 2.32 bits per heavy atom. The number of hydrogen-bond acceptors (Lipinski definition) is 3. The molecule has 2 rings (SSSR count). The Morgan fingerprint density at radius 3 is 2.89 bits per heavy atom. The maximum Gasteiger partial charge on any atom is 0.340 e. The second-order valence-electron chi connectivity index (χ2n) is 5.10. The maximum atomic E-state index is 13.6. The van der Waals surface area contributed by atoms with E-state index in [0.29, 0.717) is 18.3 Å². The van der Waals surface area contributed by atoms with E-state index in [2.05, 4.69) is 11.9 Å². The van der Waals surface area contributed by atoms with Gasteiger partial charge < -0.3 is 14.9 Å². The maximum absolute atomic E-state index is 13.6. The summed E-state index contributed by atoms with van der Waals surface area (Å²) in [7, 11) is 3.88. The van der Waals surface area contributed by atoms with Gasteiger partial charge in [-0.1, -0.05) is 6.07 Å². The number of hydrogen-bond donors (Lipinski definition) is 1. The van der Waals surface area contributed by atoms with E-state index in [9.17, 15) is 9.18 Å². The van der Waals surface area contributed by atoms with E-state index in [0.717, 1.165) is 19.4 Å². The lowest BCUT2D eigenvalue weighted by Gasteiger charge is -2.28. The summed E-state index contributed by atoms with van der Waals surface area (Å²) in [6.45, 7) is 1.77. The van der Waals surface area contributed by atoms with Crippen molar-refractivity contribution in [3.63, 3.8) is 0 Å². The molecule has 1 fully saturated rings. The Morgan fingerprint density at radius 1 is 1.58 bits per heavy atom. The number of benzene rings is 1. The van der Waals surface area contributed by atoms with Gasteiger partial charge in [-0.15, -0.1) is 0 Å². The molecule has 4 nitrogen and oxygen atoms in total. The number of likely N-dealkylation sites (tertiary alicyclic amines) is 1. The normalized spacial score (nSPS) is 19.6. The van der Waals surface area contributed by atoms with E-state index < -0.39 is 11.8 Å². The summed E-state index contributed by atoms with van der Waals surface area (Å²) >= 11 is 0. The Balaban J connectivity index is 2.21. The minimum atomic E-state index is -1.22. The predicted octanol–water partition coefficient (Wildman–Crippen LogP) is 2.05. The molecule has 1 aliphatic rings. The first-order valence-electron chi connectivity index (χ1n) is 6.44. The quantitative estimate of drug-likeness (QED) is 0.906. The average molecular weight is 266 g/mol. The molecule has 104 valence electrons. The number of carboxylic acid groups (broad SMARTS) is 1. The van der Waals surface area contributed by atoms with Crippen LogP contribution in [-0.4, -0.2) is 49.2 Å². The summed E-state index contributed by atoms with van der Waals surface area (Å²) in [4.78, 5) is 15.3. The van der Waals surface area contributed by atoms with Crippen molar-refractivity contribution in [2.75, 3.05) is 32.1 Å². The van der Waals surface area contributed by atoms with E-state index in [1.165, 1.54) is 6.07 Å². The summed E-state index contributed by atoms with van der Waals surface area (Å²) in [6, 6.07) is 4.78. The number of nitrogens with zero attached hydrogens (tertiary/aromatic N) is 2. The fraction of sp³-hybridized carbons (Fsp3) is 0.500. The molecular formula is C14H19FN2O2. The molecule has 0 bridgehead atoms. The van der Waals surface area contributed by atoms with Crippen molar-refractivity contribution in [3.8, 4) is 0 Å². The van der Waals surface area contributed by atoms with Crippen LogP contribution in [0.4, 0.5) is 10.1 Å². The molecule has 0 amide bonds. The van der Waals surface area contributed by atoms with Crippen molar-refractivity contribution < 1.29 is 14.3 Å². The lowest BCUT2D eigenvalue weighted by atomic mass is 10.1. The highest BCUT2D eigenvalue weighted by molar-refractivity contribution is 5.94. The highest BCUT2D eigenvalue weighted by atomic mass is 19.1. The highest BCUT2D eigenvalue weighted by Gasteiger charge is 2.24. The molecule has 0 spiro atoms. The molecule has 1 N–H and O–H groups in total. The molecular weight excluding hydrogens is 247 g/mol. The lowest BCUT2D eigenvalue weighted by Crippen LogP contribution is -2.37. The van der Waals surface area contributed by atoms with Gasteiger partial charge in [0.2, 0.25) is 0 Å². The zero-order chi connectivity index (χ0) is 14.0. The number of halogens is 1. The van der Waals surface area contributed by atoms with E-state index in [1.807, 2.05) is 11.9 Å². The van der Waals surface area contributed by atoms with Crippen molar-refractivity contribution in [1.82, 2.24) is 4.90 Å². The van der Waals surface area contributed by atoms with Crippen LogP contribution in [-0.2, 0) is 0 Å². The molecule has 1 aliphatic heterocycles. The van der Waals surface area contributed by atoms with Gasteiger partial charge in [-0.25, -0.2) is 9.18 Å². The van der Waals surface area contributed by atoms with Crippen LogP contribution in [0.5, 0.6) is 0 Å². The SMILES string of the molecule is CN(CC1CCCN1C)c1cccc(F)c1C(=O)O. The minimum Gasteiger partial charge on any atom is -0.478 e. The molecule has 0 saturated carbocycles. The molecule has 0 aliphatic carbocycles. The van der Waals surface area contributed by atoms with Crippen molar-refractivity contribution in [1.29, 1.82) is 0 Å². The van der Waals surface area contributed by atoms with Gasteiger partial charge in [0.1, 0.15) is 11.4 Å². The molecule has 0 aromatic heterocycles. The Hall–Kier alpha value is -1.62. The predicted molar refractivity (Wildman–Crippen MR) is 72.3 cm³/mol. The molecule has 0 radical (unpaired) electrons. The average Bonchev–Trinajstić information content (AvgIpc) is 2.74. The lowest BCUT2D eigenvalue weighted by molar-refractivity contribution is 0.0692. The molecule has 1 heterocycles. The van der Waals surface area contributed by atoms with Gasteiger partial charge in [0.15, 0.2) is 0 Å². The first-order valence-corrected chi connectivity index (χ1v) is 6.44. The third-order valence-corrected chi connectivity index (χ3v) is 3.77. The zero-order valence-corrected chi connectivity index (χ0v) is 11.3. The monoisotopic (exact) mass is 266 g/mol. The summed E-state index contributed by atoms with van der Waals surface area (Å²) in [5.41, 5.74) is 0.193. The van der Waals surface area contributed by atoms with E-state index in [1.54, 1.807) is 12.1 Å². The second-order valence-corrected chi connectivity index (χ2v) is 5.10. The largest absolute Gasteiger partial charge is 0.478 e. The first-order chi connectivity index (χ1) is 9.00. The van der Waals surface area contributed by atoms with Crippen LogP contribution in [0.25, 0.3) is 0 Å². The van der Waals surface area contributed by atoms with Gasteiger partial charge in [-0.05, 0) is 38.6 Å². The Labute approximate surface area is 112 Å². The zero-order valence-electron chi connectivity index (χ0n) is 11.3. The van der Waals surface area contributed by atoms with E-state index in [-0.39, 0.29) is 5.56 Å². The van der Waals surface area contributed by atoms with E-state index in [4.69, 9.17) is 5.11 Å². The molecule has 19 heavy (non-hydrogen) atoms. The molecule has 1 saturated heterocycles. The Kier molecular flexibility index (Phi) is 4.04. The van der Waals surface area contributed by atoms with Crippen molar-refractivity contribution >= 4 is 11.7 Å². The molecule has 1 atom stereocenters. The van der Waals surface area contributed by atoms with Crippen LogP contribution in [0.1, 0.15) is 23.2 Å². The number of aromatic carboxylic acids is 1. The van der Waals surface area contributed by atoms with Crippen LogP contribution in [0, 0.1) is 5.82 Å². The van der Waals surface area contributed by atoms with Crippen molar-refractivity contribution in [2.24, 2.45) is 0 Å². The third-order valence-electron chi connectivity index (χ3n) is 3.77. The highest BCUT2D eigenvalue weighted by Crippen LogP contribution is 2.24. The van der Waals surface area contributed by atoms with Gasteiger partial charge in [0.25, 0.3) is 0 Å². The third kappa shape index (κ3) is 2.87. The summed E-state index contributed by atoms with van der Waals surface area (Å²) < 4.78 is 13.6. The summed E-state index contributed by atoms with van der Waals surface area (Å²) in [5.74, 6) is -1.91. The van der Waals surface area contributed by atoms with Gasteiger partial charge in [0, 0.05) is 19.6 Å². The number of likely N-dealkylation sites (N-methyl/N-ethyl adjacent to an activating group) is 2. The number of carboxylic acids is 1. The fourth-order valence-electron chi connectivity index (χ4n) is 2.67. The molecule has 1 unspecified atom stereocenters. The van der Waals surface area contributed by atoms with Gasteiger partial charge >= 0.3 is 5.97 Å². The minimum absolute atomic E-state index is 0.245. The van der Waals surface area contributed by atoms with Crippen molar-refractivity contribution in [3.05, 3.63) is 29.6 Å². The number of anilines is 1. The second kappa shape index (κ2) is 5.57. The molecule has 1 aromatic carbocycles.